The van der Waals surface area contributed by atoms with Crippen LogP contribution in [-0.2, 0) is 0 Å². The molecule has 0 amide bonds. The average molecular weight is 413 g/mol. The monoisotopic (exact) mass is 412 g/mol. The van der Waals surface area contributed by atoms with Crippen LogP contribution in [0.25, 0.3) is 0 Å². The lowest BCUT2D eigenvalue weighted by Gasteiger charge is -2.55. The van der Waals surface area contributed by atoms with Crippen LogP contribution >= 0.6 is 0 Å². The first-order valence-electron chi connectivity index (χ1n) is 13.3. The Kier molecular flexibility index (Phi) is 6.35. The molecule has 170 valence electrons. The Hall–Kier alpha value is -0.560. The van der Waals surface area contributed by atoms with Crippen molar-refractivity contribution in [2.45, 2.75) is 118 Å². The van der Waals surface area contributed by atoms with E-state index in [1.165, 1.54) is 57.8 Å². The summed E-state index contributed by atoms with van der Waals surface area (Å²) >= 11 is 0. The Balaban J connectivity index is 1.52. The molecule has 1 heteroatoms. The molecule has 0 spiro atoms. The van der Waals surface area contributed by atoms with Crippen molar-refractivity contribution in [1.29, 1.82) is 0 Å². The molecule has 30 heavy (non-hydrogen) atoms. The highest BCUT2D eigenvalue weighted by molar-refractivity contribution is 5.34. The van der Waals surface area contributed by atoms with Gasteiger partial charge in [0.2, 0.25) is 0 Å². The molecular formula is C29H48O. The van der Waals surface area contributed by atoms with Crippen LogP contribution in [-0.4, -0.2) is 11.2 Å². The smallest absolute Gasteiger partial charge is 0.0543 e. The van der Waals surface area contributed by atoms with Gasteiger partial charge in [-0.15, -0.1) is 0 Å². The molecule has 7 atom stereocenters. The summed E-state index contributed by atoms with van der Waals surface area (Å²) < 4.78 is 0. The zero-order chi connectivity index (χ0) is 21.7. The number of aliphatic hydroxyl groups excluding tert-OH is 1. The van der Waals surface area contributed by atoms with Gasteiger partial charge in [-0.1, -0.05) is 57.4 Å². The Morgan fingerprint density at radius 1 is 1.07 bits per heavy atom. The fourth-order valence-electron chi connectivity index (χ4n) is 8.78. The molecule has 0 aromatic rings. The van der Waals surface area contributed by atoms with Crippen LogP contribution in [0.1, 0.15) is 112 Å². The lowest BCUT2D eigenvalue weighted by atomic mass is 9.50. The standard InChI is InChI=1S/C29H48O/c1-7-21(19(2)3)9-8-20(4)25-12-13-26-24-11-10-22-18-23(30)14-16-28(22,5)27(24)15-17-29(25,26)6/h7,19-20,22-23,25-26,30H,8-18H2,1-6H3/b21-7-/t20-,22+,23+,25-,26+,28+,29-/m1/s1. The molecule has 2 fully saturated rings. The minimum absolute atomic E-state index is 0.0382. The largest absolute Gasteiger partial charge is 0.393 e. The summed E-state index contributed by atoms with van der Waals surface area (Å²) in [5.74, 6) is 4.02. The third-order valence-corrected chi connectivity index (χ3v) is 10.7. The second-order valence-corrected chi connectivity index (χ2v) is 12.4. The highest BCUT2D eigenvalue weighted by Crippen LogP contribution is 2.66. The number of hydrogen-bond acceptors (Lipinski definition) is 1. The summed E-state index contributed by atoms with van der Waals surface area (Å²) in [4.78, 5) is 0. The first-order valence-corrected chi connectivity index (χ1v) is 13.3. The minimum atomic E-state index is -0.0382. The van der Waals surface area contributed by atoms with Gasteiger partial charge in [-0.25, -0.2) is 0 Å². The normalized spacial score (nSPS) is 42.7. The van der Waals surface area contributed by atoms with Gasteiger partial charge in [-0.3, -0.25) is 0 Å². The fraction of sp³-hybridized carbons (Fsp3) is 0.862. The summed E-state index contributed by atoms with van der Waals surface area (Å²) in [6.45, 7) is 14.7. The van der Waals surface area contributed by atoms with Crippen LogP contribution in [0.15, 0.2) is 22.8 Å². The maximum Gasteiger partial charge on any atom is 0.0543 e. The van der Waals surface area contributed by atoms with Crippen molar-refractivity contribution in [3.8, 4) is 0 Å². The first kappa shape index (κ1) is 22.6. The van der Waals surface area contributed by atoms with E-state index in [-0.39, 0.29) is 6.10 Å². The molecule has 0 aromatic heterocycles. The molecule has 1 nitrogen and oxygen atoms in total. The van der Waals surface area contributed by atoms with E-state index in [2.05, 4.69) is 47.6 Å². The van der Waals surface area contributed by atoms with Crippen molar-refractivity contribution >= 4 is 0 Å². The summed E-state index contributed by atoms with van der Waals surface area (Å²) in [7, 11) is 0. The number of aliphatic hydroxyl groups is 1. The van der Waals surface area contributed by atoms with E-state index in [0.29, 0.717) is 16.7 Å². The third kappa shape index (κ3) is 3.66. The average Bonchev–Trinajstić information content (AvgIpc) is 3.06. The van der Waals surface area contributed by atoms with Crippen LogP contribution in [0, 0.1) is 40.4 Å². The number of rotatable bonds is 5. The van der Waals surface area contributed by atoms with Crippen molar-refractivity contribution in [3.05, 3.63) is 22.8 Å². The molecule has 4 aliphatic carbocycles. The summed E-state index contributed by atoms with van der Waals surface area (Å²) in [6.07, 6.45) is 16.6. The maximum atomic E-state index is 10.3. The van der Waals surface area contributed by atoms with Gasteiger partial charge in [0.15, 0.2) is 0 Å². The molecule has 0 aliphatic heterocycles. The third-order valence-electron chi connectivity index (χ3n) is 10.7. The van der Waals surface area contributed by atoms with Crippen LogP contribution in [0.5, 0.6) is 0 Å². The summed E-state index contributed by atoms with van der Waals surface area (Å²) in [6, 6.07) is 0. The minimum Gasteiger partial charge on any atom is -0.393 e. The Morgan fingerprint density at radius 3 is 2.53 bits per heavy atom. The Morgan fingerprint density at radius 2 is 1.83 bits per heavy atom. The van der Waals surface area contributed by atoms with Crippen LogP contribution < -0.4 is 0 Å². The van der Waals surface area contributed by atoms with Gasteiger partial charge in [0.1, 0.15) is 0 Å². The van der Waals surface area contributed by atoms with E-state index in [9.17, 15) is 5.11 Å². The summed E-state index contributed by atoms with van der Waals surface area (Å²) in [5.41, 5.74) is 6.36. The van der Waals surface area contributed by atoms with Crippen molar-refractivity contribution in [3.63, 3.8) is 0 Å². The van der Waals surface area contributed by atoms with E-state index in [1.807, 2.05) is 11.1 Å². The van der Waals surface area contributed by atoms with Gasteiger partial charge in [0, 0.05) is 0 Å². The molecule has 0 unspecified atom stereocenters. The van der Waals surface area contributed by atoms with Gasteiger partial charge >= 0.3 is 0 Å². The van der Waals surface area contributed by atoms with Crippen molar-refractivity contribution < 1.29 is 5.11 Å². The van der Waals surface area contributed by atoms with Crippen LogP contribution in [0.4, 0.5) is 0 Å². The van der Waals surface area contributed by atoms with Crippen LogP contribution in [0.3, 0.4) is 0 Å². The molecule has 0 heterocycles. The topological polar surface area (TPSA) is 20.2 Å². The molecule has 0 bridgehead atoms. The Labute approximate surface area is 186 Å². The number of allylic oxidation sites excluding steroid dienone is 4. The maximum absolute atomic E-state index is 10.3. The molecule has 4 aliphatic rings. The van der Waals surface area contributed by atoms with Gasteiger partial charge in [0.05, 0.1) is 6.10 Å². The Bertz CT molecular complexity index is 699. The van der Waals surface area contributed by atoms with Crippen molar-refractivity contribution in [1.82, 2.24) is 0 Å². The molecule has 0 radical (unpaired) electrons. The second kappa shape index (κ2) is 8.42. The fourth-order valence-corrected chi connectivity index (χ4v) is 8.78. The van der Waals surface area contributed by atoms with E-state index in [4.69, 9.17) is 0 Å². The molecule has 4 rings (SSSR count). The van der Waals surface area contributed by atoms with Gasteiger partial charge < -0.3 is 5.11 Å². The number of fused-ring (bicyclic) bond motifs is 4. The van der Waals surface area contributed by atoms with Crippen molar-refractivity contribution in [2.24, 2.45) is 40.4 Å². The van der Waals surface area contributed by atoms with E-state index in [0.717, 1.165) is 36.5 Å². The predicted molar refractivity (Wildman–Crippen MR) is 128 cm³/mol. The second-order valence-electron chi connectivity index (χ2n) is 12.4. The molecule has 0 saturated heterocycles. The van der Waals surface area contributed by atoms with Crippen molar-refractivity contribution in [2.75, 3.05) is 0 Å². The zero-order valence-electron chi connectivity index (χ0n) is 20.8. The lowest BCUT2D eigenvalue weighted by molar-refractivity contribution is 0.0133. The van der Waals surface area contributed by atoms with Crippen LogP contribution in [0.2, 0.25) is 0 Å². The van der Waals surface area contributed by atoms with E-state index in [1.54, 1.807) is 5.57 Å². The van der Waals surface area contributed by atoms with E-state index < -0.39 is 0 Å². The highest BCUT2D eigenvalue weighted by Gasteiger charge is 2.55. The van der Waals surface area contributed by atoms with Gasteiger partial charge in [0.25, 0.3) is 0 Å². The number of hydrogen-bond donors (Lipinski definition) is 1. The molecule has 2 saturated carbocycles. The zero-order valence-corrected chi connectivity index (χ0v) is 20.8. The molecular weight excluding hydrogens is 364 g/mol. The molecule has 1 N–H and O–H groups in total. The SMILES string of the molecule is C/C=C(/CC[C@@H](C)[C@H]1CC[C@H]2C3=C(CC[C@]12C)[C@@]1(C)CC[C@H](O)C[C@@H]1CC3)C(C)C. The first-order chi connectivity index (χ1) is 14.2. The quantitative estimate of drug-likeness (QED) is 0.452. The predicted octanol–water partition coefficient (Wildman–Crippen LogP) is 8.09. The molecule has 0 aromatic carbocycles. The summed E-state index contributed by atoms with van der Waals surface area (Å²) in [5, 5.41) is 10.3. The van der Waals surface area contributed by atoms with Gasteiger partial charge in [-0.05, 0) is 118 Å². The van der Waals surface area contributed by atoms with Gasteiger partial charge in [-0.2, -0.15) is 0 Å². The highest BCUT2D eigenvalue weighted by atomic mass is 16.3. The lowest BCUT2D eigenvalue weighted by Crippen LogP contribution is -2.45. The van der Waals surface area contributed by atoms with E-state index >= 15 is 0 Å².